The minimum Gasteiger partial charge on any atom is -0.481 e. The third-order valence-corrected chi connectivity index (χ3v) is 4.20. The number of likely N-dealkylation sites (tertiary alicyclic amines) is 1. The van der Waals surface area contributed by atoms with Gasteiger partial charge in [-0.15, -0.1) is 0 Å². The van der Waals surface area contributed by atoms with Gasteiger partial charge in [-0.05, 0) is 43.4 Å². The summed E-state index contributed by atoms with van der Waals surface area (Å²) in [4.78, 5) is 36.9. The molecular weight excluding hydrogens is 296 g/mol. The summed E-state index contributed by atoms with van der Waals surface area (Å²) in [6.45, 7) is 1.18. The van der Waals surface area contributed by atoms with Crippen LogP contribution in [0.15, 0.2) is 24.3 Å². The van der Waals surface area contributed by atoms with E-state index in [4.69, 9.17) is 5.11 Å². The van der Waals surface area contributed by atoms with Crippen LogP contribution >= 0.6 is 0 Å². The molecule has 1 saturated heterocycles. The number of hydrogen-bond acceptors (Lipinski definition) is 3. The van der Waals surface area contributed by atoms with Crippen LogP contribution in [-0.4, -0.2) is 47.9 Å². The lowest BCUT2D eigenvalue weighted by Gasteiger charge is -2.21. The first-order valence-electron chi connectivity index (χ1n) is 7.84. The summed E-state index contributed by atoms with van der Waals surface area (Å²) >= 11 is 0. The molecule has 0 bridgehead atoms. The summed E-state index contributed by atoms with van der Waals surface area (Å²) in [5.41, 5.74) is 0.944. The minimum absolute atomic E-state index is 0.105. The Morgan fingerprint density at radius 1 is 1.22 bits per heavy atom. The third kappa shape index (κ3) is 4.55. The first kappa shape index (κ1) is 17.0. The maximum absolute atomic E-state index is 12.6. The van der Waals surface area contributed by atoms with Crippen LogP contribution in [0, 0.1) is 5.92 Å². The molecule has 0 saturated carbocycles. The zero-order valence-corrected chi connectivity index (χ0v) is 13.2. The summed E-state index contributed by atoms with van der Waals surface area (Å²) in [5, 5.41) is 11.4. The minimum atomic E-state index is -0.784. The van der Waals surface area contributed by atoms with Crippen molar-refractivity contribution in [3.63, 3.8) is 0 Å². The first-order valence-corrected chi connectivity index (χ1v) is 7.84. The highest BCUT2D eigenvalue weighted by molar-refractivity contribution is 5.99. The van der Waals surface area contributed by atoms with Crippen molar-refractivity contribution in [1.82, 2.24) is 10.2 Å². The number of carbonyl (C=O) groups is 3. The maximum Gasteiger partial charge on any atom is 0.303 e. The van der Waals surface area contributed by atoms with E-state index in [1.54, 1.807) is 36.2 Å². The van der Waals surface area contributed by atoms with Crippen molar-refractivity contribution in [3.05, 3.63) is 35.4 Å². The van der Waals surface area contributed by atoms with Gasteiger partial charge in [0.2, 0.25) is 0 Å². The second-order valence-electron chi connectivity index (χ2n) is 5.85. The third-order valence-electron chi connectivity index (χ3n) is 4.20. The lowest BCUT2D eigenvalue weighted by Crippen LogP contribution is -2.32. The molecule has 6 heteroatoms. The van der Waals surface area contributed by atoms with Gasteiger partial charge < -0.3 is 15.3 Å². The monoisotopic (exact) mass is 318 g/mol. The number of aliphatic carboxylic acids is 1. The molecule has 1 fully saturated rings. The Morgan fingerprint density at radius 3 is 2.65 bits per heavy atom. The molecule has 0 aromatic heterocycles. The van der Waals surface area contributed by atoms with Crippen LogP contribution in [0.1, 0.15) is 46.4 Å². The van der Waals surface area contributed by atoms with Gasteiger partial charge in [-0.25, -0.2) is 0 Å². The predicted molar refractivity (Wildman–Crippen MR) is 85.3 cm³/mol. The molecule has 0 radical (unpaired) electrons. The van der Waals surface area contributed by atoms with E-state index in [1.807, 2.05) is 0 Å². The second kappa shape index (κ2) is 7.76. The molecule has 1 aromatic carbocycles. The van der Waals surface area contributed by atoms with Crippen molar-refractivity contribution < 1.29 is 19.5 Å². The average Bonchev–Trinajstić information content (AvgIpc) is 2.78. The number of amides is 2. The maximum atomic E-state index is 12.6. The Balaban J connectivity index is 2.05. The van der Waals surface area contributed by atoms with E-state index >= 15 is 0 Å². The van der Waals surface area contributed by atoms with Crippen molar-refractivity contribution in [3.8, 4) is 0 Å². The number of carboxylic acid groups (broad SMARTS) is 1. The van der Waals surface area contributed by atoms with E-state index < -0.39 is 5.97 Å². The lowest BCUT2D eigenvalue weighted by molar-refractivity contribution is -0.138. The number of benzene rings is 1. The molecule has 0 spiro atoms. The topological polar surface area (TPSA) is 86.7 Å². The Labute approximate surface area is 135 Å². The highest BCUT2D eigenvalue weighted by atomic mass is 16.4. The van der Waals surface area contributed by atoms with Crippen LogP contribution in [0.2, 0.25) is 0 Å². The smallest absolute Gasteiger partial charge is 0.303 e. The van der Waals surface area contributed by atoms with Crippen molar-refractivity contribution in [2.45, 2.75) is 25.7 Å². The van der Waals surface area contributed by atoms with Gasteiger partial charge in [-0.3, -0.25) is 14.4 Å². The van der Waals surface area contributed by atoms with Crippen LogP contribution in [0.25, 0.3) is 0 Å². The van der Waals surface area contributed by atoms with Gasteiger partial charge in [-0.1, -0.05) is 6.07 Å². The van der Waals surface area contributed by atoms with Gasteiger partial charge in [0.25, 0.3) is 11.8 Å². The molecule has 0 aliphatic carbocycles. The van der Waals surface area contributed by atoms with Crippen molar-refractivity contribution >= 4 is 17.8 Å². The molecule has 1 aromatic rings. The fourth-order valence-corrected chi connectivity index (χ4v) is 2.94. The normalized spacial score (nSPS) is 18.1. The molecule has 23 heavy (non-hydrogen) atoms. The Morgan fingerprint density at radius 2 is 1.96 bits per heavy atom. The summed E-state index contributed by atoms with van der Waals surface area (Å²) in [7, 11) is 1.55. The molecule has 1 unspecified atom stereocenters. The van der Waals surface area contributed by atoms with Crippen molar-refractivity contribution in [1.29, 1.82) is 0 Å². The summed E-state index contributed by atoms with van der Waals surface area (Å²) < 4.78 is 0. The SMILES string of the molecule is CNC(=O)c1cccc(C(=O)N2CCCC(CC(=O)O)CC2)c1. The van der Waals surface area contributed by atoms with Gasteiger partial charge >= 0.3 is 5.97 Å². The number of nitrogens with one attached hydrogen (secondary N) is 1. The van der Waals surface area contributed by atoms with E-state index in [1.165, 1.54) is 0 Å². The van der Waals surface area contributed by atoms with Gasteiger partial charge in [-0.2, -0.15) is 0 Å². The van der Waals surface area contributed by atoms with E-state index in [9.17, 15) is 14.4 Å². The van der Waals surface area contributed by atoms with Gasteiger partial charge in [0.05, 0.1) is 0 Å². The number of nitrogens with zero attached hydrogens (tertiary/aromatic N) is 1. The molecule has 1 atom stereocenters. The van der Waals surface area contributed by atoms with Gasteiger partial charge in [0, 0.05) is 37.7 Å². The highest BCUT2D eigenvalue weighted by Gasteiger charge is 2.23. The molecule has 6 nitrogen and oxygen atoms in total. The first-order chi connectivity index (χ1) is 11.0. The molecule has 124 valence electrons. The molecule has 2 rings (SSSR count). The van der Waals surface area contributed by atoms with E-state index in [0.29, 0.717) is 30.6 Å². The molecular formula is C17H22N2O4. The quantitative estimate of drug-likeness (QED) is 0.885. The Bertz CT molecular complexity index is 600. The fourth-order valence-electron chi connectivity index (χ4n) is 2.94. The fraction of sp³-hybridized carbons (Fsp3) is 0.471. The highest BCUT2D eigenvalue weighted by Crippen LogP contribution is 2.22. The number of hydrogen-bond donors (Lipinski definition) is 2. The lowest BCUT2D eigenvalue weighted by atomic mass is 9.97. The summed E-state index contributed by atoms with van der Waals surface area (Å²) in [5.74, 6) is -0.987. The number of rotatable bonds is 4. The molecule has 1 heterocycles. The largest absolute Gasteiger partial charge is 0.481 e. The van der Waals surface area contributed by atoms with Crippen molar-refractivity contribution in [2.24, 2.45) is 5.92 Å². The number of carboxylic acids is 1. The van der Waals surface area contributed by atoms with E-state index in [0.717, 1.165) is 12.8 Å². The average molecular weight is 318 g/mol. The predicted octanol–water partition coefficient (Wildman–Crippen LogP) is 1.76. The summed E-state index contributed by atoms with van der Waals surface area (Å²) in [6, 6.07) is 6.67. The van der Waals surface area contributed by atoms with Gasteiger partial charge in [0.1, 0.15) is 0 Å². The standard InChI is InChI=1S/C17H22N2O4/c1-18-16(22)13-5-2-6-14(11-13)17(23)19-8-3-4-12(7-9-19)10-15(20)21/h2,5-6,11-12H,3-4,7-10H2,1H3,(H,18,22)(H,20,21). The number of carbonyl (C=O) groups excluding carboxylic acids is 2. The Kier molecular flexibility index (Phi) is 5.73. The summed E-state index contributed by atoms with van der Waals surface area (Å²) in [6.07, 6.45) is 2.49. The van der Waals surface area contributed by atoms with Crippen LogP contribution in [-0.2, 0) is 4.79 Å². The molecule has 1 aliphatic rings. The van der Waals surface area contributed by atoms with Gasteiger partial charge in [0.15, 0.2) is 0 Å². The van der Waals surface area contributed by atoms with Crippen molar-refractivity contribution in [2.75, 3.05) is 20.1 Å². The van der Waals surface area contributed by atoms with E-state index in [-0.39, 0.29) is 24.2 Å². The van der Waals surface area contributed by atoms with Crippen LogP contribution < -0.4 is 5.32 Å². The van der Waals surface area contributed by atoms with Crippen LogP contribution in [0.3, 0.4) is 0 Å². The molecule has 1 aliphatic heterocycles. The van der Waals surface area contributed by atoms with Crippen LogP contribution in [0.5, 0.6) is 0 Å². The molecule has 2 N–H and O–H groups in total. The zero-order valence-electron chi connectivity index (χ0n) is 13.2. The van der Waals surface area contributed by atoms with E-state index in [2.05, 4.69) is 5.32 Å². The molecule has 2 amide bonds. The second-order valence-corrected chi connectivity index (χ2v) is 5.85. The Hall–Kier alpha value is -2.37. The zero-order chi connectivity index (χ0) is 16.8. The van der Waals surface area contributed by atoms with Crippen LogP contribution in [0.4, 0.5) is 0 Å².